The highest BCUT2D eigenvalue weighted by Gasteiger charge is 2.30. The Morgan fingerprint density at radius 1 is 1.31 bits per heavy atom. The summed E-state index contributed by atoms with van der Waals surface area (Å²) in [6.07, 6.45) is 1.21. The lowest BCUT2D eigenvalue weighted by Crippen LogP contribution is -2.06. The van der Waals surface area contributed by atoms with Gasteiger partial charge < -0.3 is 4.57 Å². The van der Waals surface area contributed by atoms with Crippen LogP contribution in [0.25, 0.3) is 0 Å². The standard InChI is InChI=1S/C10H17N3/c1-6(2)9-11-12-10-7(3)5-8(4)13(9)10/h6-8H,5H2,1-4H3/t7-,8+/m0/s1. The monoisotopic (exact) mass is 179 g/mol. The maximum absolute atomic E-state index is 4.26. The van der Waals surface area contributed by atoms with Crippen molar-refractivity contribution < 1.29 is 0 Å². The van der Waals surface area contributed by atoms with Crippen molar-refractivity contribution in [3.05, 3.63) is 11.6 Å². The van der Waals surface area contributed by atoms with Crippen molar-refractivity contribution in [1.29, 1.82) is 0 Å². The van der Waals surface area contributed by atoms with Crippen LogP contribution in [0.3, 0.4) is 0 Å². The quantitative estimate of drug-likeness (QED) is 0.663. The Balaban J connectivity index is 2.48. The van der Waals surface area contributed by atoms with Gasteiger partial charge in [-0.15, -0.1) is 10.2 Å². The molecule has 72 valence electrons. The second-order valence-electron chi connectivity index (χ2n) is 4.43. The average molecular weight is 179 g/mol. The summed E-state index contributed by atoms with van der Waals surface area (Å²) in [4.78, 5) is 0. The summed E-state index contributed by atoms with van der Waals surface area (Å²) in [5, 5.41) is 8.51. The van der Waals surface area contributed by atoms with Crippen LogP contribution < -0.4 is 0 Å². The molecule has 0 saturated carbocycles. The van der Waals surface area contributed by atoms with Gasteiger partial charge in [0.05, 0.1) is 0 Å². The molecule has 0 N–H and O–H groups in total. The maximum Gasteiger partial charge on any atom is 0.136 e. The third-order valence-electron chi connectivity index (χ3n) is 2.84. The lowest BCUT2D eigenvalue weighted by Gasteiger charge is -2.11. The van der Waals surface area contributed by atoms with Crippen LogP contribution in [0, 0.1) is 0 Å². The third kappa shape index (κ3) is 1.18. The molecule has 1 aliphatic rings. The molecule has 1 aromatic heterocycles. The van der Waals surface area contributed by atoms with Crippen molar-refractivity contribution in [3.8, 4) is 0 Å². The lowest BCUT2D eigenvalue weighted by atomic mass is 10.1. The fourth-order valence-electron chi connectivity index (χ4n) is 2.22. The molecule has 3 nitrogen and oxygen atoms in total. The zero-order valence-corrected chi connectivity index (χ0v) is 8.78. The van der Waals surface area contributed by atoms with E-state index in [4.69, 9.17) is 0 Å². The molecule has 0 bridgehead atoms. The predicted octanol–water partition coefficient (Wildman–Crippen LogP) is 2.47. The summed E-state index contributed by atoms with van der Waals surface area (Å²) in [7, 11) is 0. The zero-order valence-electron chi connectivity index (χ0n) is 8.78. The molecule has 3 heteroatoms. The molecular formula is C10H17N3. The molecule has 2 heterocycles. The van der Waals surface area contributed by atoms with Crippen molar-refractivity contribution in [3.63, 3.8) is 0 Å². The Kier molecular flexibility index (Phi) is 1.90. The van der Waals surface area contributed by atoms with E-state index in [1.165, 1.54) is 12.2 Å². The minimum atomic E-state index is 0.481. The van der Waals surface area contributed by atoms with Crippen LogP contribution in [0.2, 0.25) is 0 Å². The largest absolute Gasteiger partial charge is 0.312 e. The average Bonchev–Trinajstić information content (AvgIpc) is 2.55. The summed E-state index contributed by atoms with van der Waals surface area (Å²) < 4.78 is 2.31. The van der Waals surface area contributed by atoms with Gasteiger partial charge in [0.1, 0.15) is 11.6 Å². The molecule has 0 radical (unpaired) electrons. The summed E-state index contributed by atoms with van der Waals surface area (Å²) in [6, 6.07) is 0.581. The molecule has 0 fully saturated rings. The number of nitrogens with zero attached hydrogens (tertiary/aromatic N) is 3. The van der Waals surface area contributed by atoms with Crippen LogP contribution in [-0.2, 0) is 0 Å². The summed E-state index contributed by atoms with van der Waals surface area (Å²) in [5.74, 6) is 3.38. The molecule has 1 aliphatic heterocycles. The van der Waals surface area contributed by atoms with Gasteiger partial charge in [0.15, 0.2) is 0 Å². The minimum Gasteiger partial charge on any atom is -0.312 e. The van der Waals surface area contributed by atoms with E-state index in [9.17, 15) is 0 Å². The van der Waals surface area contributed by atoms with E-state index in [0.29, 0.717) is 17.9 Å². The van der Waals surface area contributed by atoms with Gasteiger partial charge in [-0.05, 0) is 13.3 Å². The lowest BCUT2D eigenvalue weighted by molar-refractivity contribution is 0.522. The second-order valence-corrected chi connectivity index (χ2v) is 4.43. The third-order valence-corrected chi connectivity index (χ3v) is 2.84. The number of aromatic nitrogens is 3. The molecule has 2 atom stereocenters. The maximum atomic E-state index is 4.26. The predicted molar refractivity (Wildman–Crippen MR) is 51.9 cm³/mol. The van der Waals surface area contributed by atoms with Gasteiger partial charge >= 0.3 is 0 Å². The highest BCUT2D eigenvalue weighted by atomic mass is 15.3. The summed E-state index contributed by atoms with van der Waals surface area (Å²) >= 11 is 0. The molecule has 0 aromatic carbocycles. The van der Waals surface area contributed by atoms with Gasteiger partial charge in [-0.2, -0.15) is 0 Å². The fraction of sp³-hybridized carbons (Fsp3) is 0.800. The first kappa shape index (κ1) is 8.73. The summed E-state index contributed by atoms with van der Waals surface area (Å²) in [5.41, 5.74) is 0. The van der Waals surface area contributed by atoms with Crippen LogP contribution in [0.1, 0.15) is 63.6 Å². The van der Waals surface area contributed by atoms with Gasteiger partial charge in [-0.3, -0.25) is 0 Å². The number of rotatable bonds is 1. The van der Waals surface area contributed by atoms with Crippen molar-refractivity contribution in [2.24, 2.45) is 0 Å². The second kappa shape index (κ2) is 2.82. The van der Waals surface area contributed by atoms with E-state index in [2.05, 4.69) is 42.5 Å². The van der Waals surface area contributed by atoms with Crippen molar-refractivity contribution in [1.82, 2.24) is 14.8 Å². The molecule has 0 amide bonds. The van der Waals surface area contributed by atoms with Gasteiger partial charge in [0.2, 0.25) is 0 Å². The Morgan fingerprint density at radius 3 is 2.62 bits per heavy atom. The van der Waals surface area contributed by atoms with E-state index < -0.39 is 0 Å². The number of hydrogen-bond donors (Lipinski definition) is 0. The van der Waals surface area contributed by atoms with Crippen LogP contribution in [-0.4, -0.2) is 14.8 Å². The summed E-state index contributed by atoms with van der Waals surface area (Å²) in [6.45, 7) is 8.83. The molecular weight excluding hydrogens is 162 g/mol. The first-order valence-corrected chi connectivity index (χ1v) is 5.06. The van der Waals surface area contributed by atoms with Crippen molar-refractivity contribution in [2.75, 3.05) is 0 Å². The van der Waals surface area contributed by atoms with E-state index in [1.807, 2.05) is 0 Å². The van der Waals surface area contributed by atoms with Gasteiger partial charge in [0.25, 0.3) is 0 Å². The van der Waals surface area contributed by atoms with E-state index in [1.54, 1.807) is 0 Å². The Morgan fingerprint density at radius 2 is 2.00 bits per heavy atom. The van der Waals surface area contributed by atoms with Gasteiger partial charge in [0, 0.05) is 17.9 Å². The van der Waals surface area contributed by atoms with Crippen LogP contribution in [0.15, 0.2) is 0 Å². The fourth-order valence-corrected chi connectivity index (χ4v) is 2.22. The Labute approximate surface area is 79.2 Å². The van der Waals surface area contributed by atoms with Crippen molar-refractivity contribution in [2.45, 2.75) is 52.0 Å². The minimum absolute atomic E-state index is 0.481. The molecule has 2 rings (SSSR count). The molecule has 1 aromatic rings. The smallest absolute Gasteiger partial charge is 0.136 e. The number of fused-ring (bicyclic) bond motifs is 1. The number of hydrogen-bond acceptors (Lipinski definition) is 2. The van der Waals surface area contributed by atoms with E-state index in [-0.39, 0.29) is 0 Å². The zero-order chi connectivity index (χ0) is 9.59. The van der Waals surface area contributed by atoms with Crippen LogP contribution in [0.5, 0.6) is 0 Å². The molecule has 13 heavy (non-hydrogen) atoms. The first-order valence-electron chi connectivity index (χ1n) is 5.06. The van der Waals surface area contributed by atoms with E-state index in [0.717, 1.165) is 5.82 Å². The first-order chi connectivity index (χ1) is 6.11. The molecule has 0 spiro atoms. The normalized spacial score (nSPS) is 26.8. The molecule has 0 unspecified atom stereocenters. The van der Waals surface area contributed by atoms with Gasteiger partial charge in [-0.1, -0.05) is 20.8 Å². The highest BCUT2D eigenvalue weighted by Crippen LogP contribution is 2.36. The van der Waals surface area contributed by atoms with Crippen LogP contribution in [0.4, 0.5) is 0 Å². The van der Waals surface area contributed by atoms with Crippen LogP contribution >= 0.6 is 0 Å². The highest BCUT2D eigenvalue weighted by molar-refractivity contribution is 5.11. The topological polar surface area (TPSA) is 30.7 Å². The molecule has 0 saturated heterocycles. The van der Waals surface area contributed by atoms with Crippen molar-refractivity contribution >= 4 is 0 Å². The molecule has 0 aliphatic carbocycles. The SMILES string of the molecule is CC(C)c1nnc2n1[C@H](C)C[C@@H]2C. The Bertz CT molecular complexity index is 314. The van der Waals surface area contributed by atoms with E-state index >= 15 is 0 Å². The van der Waals surface area contributed by atoms with Gasteiger partial charge in [-0.25, -0.2) is 0 Å². The Hall–Kier alpha value is -0.860.